The maximum atomic E-state index is 11.9. The van der Waals surface area contributed by atoms with E-state index in [1.54, 1.807) is 13.0 Å². The molecule has 0 saturated heterocycles. The van der Waals surface area contributed by atoms with Gasteiger partial charge >= 0.3 is 5.97 Å². The molecule has 0 fully saturated rings. The van der Waals surface area contributed by atoms with E-state index in [1.807, 2.05) is 0 Å². The van der Waals surface area contributed by atoms with Crippen molar-refractivity contribution in [2.45, 2.75) is 32.6 Å². The largest absolute Gasteiger partial charge is 0.481 e. The summed E-state index contributed by atoms with van der Waals surface area (Å²) in [6.45, 7) is 2.11. The van der Waals surface area contributed by atoms with E-state index < -0.39 is 10.9 Å². The van der Waals surface area contributed by atoms with Crippen LogP contribution in [0.15, 0.2) is 18.2 Å². The van der Waals surface area contributed by atoms with Crippen LogP contribution in [0, 0.1) is 17.0 Å². The molecular formula is C14H18N2O5. The fourth-order valence-electron chi connectivity index (χ4n) is 1.88. The van der Waals surface area contributed by atoms with E-state index in [1.165, 1.54) is 12.1 Å². The first-order valence-corrected chi connectivity index (χ1v) is 6.66. The second-order valence-corrected chi connectivity index (χ2v) is 4.77. The van der Waals surface area contributed by atoms with Gasteiger partial charge in [0.1, 0.15) is 0 Å². The van der Waals surface area contributed by atoms with Crippen molar-refractivity contribution in [2.75, 3.05) is 6.54 Å². The highest BCUT2D eigenvalue weighted by Crippen LogP contribution is 2.16. The van der Waals surface area contributed by atoms with Crippen LogP contribution in [0.3, 0.4) is 0 Å². The van der Waals surface area contributed by atoms with Crippen LogP contribution < -0.4 is 5.32 Å². The van der Waals surface area contributed by atoms with Crippen LogP contribution in [0.4, 0.5) is 5.69 Å². The minimum absolute atomic E-state index is 0.110. The van der Waals surface area contributed by atoms with Gasteiger partial charge in [-0.2, -0.15) is 0 Å². The maximum absolute atomic E-state index is 11.9. The lowest BCUT2D eigenvalue weighted by Gasteiger charge is -2.06. The quantitative estimate of drug-likeness (QED) is 0.434. The second-order valence-electron chi connectivity index (χ2n) is 4.77. The van der Waals surface area contributed by atoms with Crippen molar-refractivity contribution in [3.8, 4) is 0 Å². The molecule has 1 aromatic carbocycles. The highest BCUT2D eigenvalue weighted by atomic mass is 16.6. The van der Waals surface area contributed by atoms with E-state index in [0.29, 0.717) is 31.4 Å². The zero-order valence-corrected chi connectivity index (χ0v) is 11.8. The summed E-state index contributed by atoms with van der Waals surface area (Å²) < 4.78 is 0. The van der Waals surface area contributed by atoms with Gasteiger partial charge in [0.25, 0.3) is 11.6 Å². The Bertz CT molecular complexity index is 542. The summed E-state index contributed by atoms with van der Waals surface area (Å²) in [5, 5.41) is 21.9. The van der Waals surface area contributed by atoms with Crippen molar-refractivity contribution >= 4 is 17.6 Å². The number of aryl methyl sites for hydroxylation is 1. The van der Waals surface area contributed by atoms with Crippen LogP contribution >= 0.6 is 0 Å². The first-order chi connectivity index (χ1) is 9.90. The second kappa shape index (κ2) is 7.98. The number of benzene rings is 1. The molecule has 2 N–H and O–H groups in total. The van der Waals surface area contributed by atoms with Crippen molar-refractivity contribution in [1.82, 2.24) is 5.32 Å². The van der Waals surface area contributed by atoms with Crippen LogP contribution in [0.5, 0.6) is 0 Å². The molecule has 0 aliphatic rings. The average molecular weight is 294 g/mol. The molecule has 1 amide bonds. The molecule has 0 heterocycles. The monoisotopic (exact) mass is 294 g/mol. The fraction of sp³-hybridized carbons (Fsp3) is 0.429. The number of carboxylic acid groups (broad SMARTS) is 1. The molecule has 1 rings (SSSR count). The summed E-state index contributed by atoms with van der Waals surface area (Å²) in [5.41, 5.74) is 0.796. The molecule has 0 aromatic heterocycles. The van der Waals surface area contributed by atoms with Gasteiger partial charge in [0.2, 0.25) is 0 Å². The van der Waals surface area contributed by atoms with E-state index in [4.69, 9.17) is 5.11 Å². The van der Waals surface area contributed by atoms with Crippen molar-refractivity contribution in [3.63, 3.8) is 0 Å². The number of nitro benzene ring substituents is 1. The van der Waals surface area contributed by atoms with E-state index in [9.17, 15) is 19.7 Å². The fourth-order valence-corrected chi connectivity index (χ4v) is 1.88. The van der Waals surface area contributed by atoms with Gasteiger partial charge in [-0.25, -0.2) is 0 Å². The van der Waals surface area contributed by atoms with Crippen LogP contribution in [0.1, 0.15) is 41.6 Å². The number of carbonyl (C=O) groups excluding carboxylic acids is 1. The van der Waals surface area contributed by atoms with Gasteiger partial charge in [0.15, 0.2) is 0 Å². The normalized spacial score (nSPS) is 10.1. The van der Waals surface area contributed by atoms with Crippen molar-refractivity contribution in [3.05, 3.63) is 39.4 Å². The number of hydrogen-bond acceptors (Lipinski definition) is 4. The van der Waals surface area contributed by atoms with Crippen LogP contribution in [-0.2, 0) is 4.79 Å². The lowest BCUT2D eigenvalue weighted by molar-refractivity contribution is -0.384. The highest BCUT2D eigenvalue weighted by molar-refractivity contribution is 5.95. The topological polar surface area (TPSA) is 110 Å². The van der Waals surface area contributed by atoms with Gasteiger partial charge in [0, 0.05) is 30.7 Å². The molecule has 7 nitrogen and oxygen atoms in total. The molecule has 114 valence electrons. The third-order valence-electron chi connectivity index (χ3n) is 2.89. The summed E-state index contributed by atoms with van der Waals surface area (Å²) in [6.07, 6.45) is 2.08. The number of carbonyl (C=O) groups is 2. The van der Waals surface area contributed by atoms with Crippen molar-refractivity contribution in [1.29, 1.82) is 0 Å². The summed E-state index contributed by atoms with van der Waals surface area (Å²) in [6, 6.07) is 4.24. The van der Waals surface area contributed by atoms with Crippen LogP contribution in [0.2, 0.25) is 0 Å². The third-order valence-corrected chi connectivity index (χ3v) is 2.89. The molecule has 0 unspecified atom stereocenters. The zero-order valence-electron chi connectivity index (χ0n) is 11.8. The van der Waals surface area contributed by atoms with E-state index in [0.717, 1.165) is 0 Å². The molecule has 0 radical (unpaired) electrons. The number of nitrogens with one attached hydrogen (secondary N) is 1. The van der Waals surface area contributed by atoms with Crippen molar-refractivity contribution in [2.24, 2.45) is 0 Å². The Morgan fingerprint density at radius 2 is 1.95 bits per heavy atom. The zero-order chi connectivity index (χ0) is 15.8. The minimum Gasteiger partial charge on any atom is -0.481 e. The van der Waals surface area contributed by atoms with Gasteiger partial charge in [-0.1, -0.05) is 6.42 Å². The van der Waals surface area contributed by atoms with Crippen LogP contribution in [-0.4, -0.2) is 28.5 Å². The molecule has 0 aliphatic carbocycles. The highest BCUT2D eigenvalue weighted by Gasteiger charge is 2.12. The van der Waals surface area contributed by atoms with Crippen LogP contribution in [0.25, 0.3) is 0 Å². The molecule has 0 aliphatic heterocycles. The molecule has 0 spiro atoms. The smallest absolute Gasteiger partial charge is 0.303 e. The van der Waals surface area contributed by atoms with E-state index in [2.05, 4.69) is 5.32 Å². The Kier molecular flexibility index (Phi) is 6.32. The predicted octanol–water partition coefficient (Wildman–Crippen LogP) is 2.28. The summed E-state index contributed by atoms with van der Waals surface area (Å²) in [5.74, 6) is -1.19. The third kappa shape index (κ3) is 6.03. The number of amides is 1. The number of rotatable bonds is 8. The number of non-ortho nitro benzene ring substituents is 1. The van der Waals surface area contributed by atoms with Gasteiger partial charge in [-0.3, -0.25) is 19.7 Å². The SMILES string of the molecule is Cc1cc(C(=O)NCCCCCC(=O)O)cc([N+](=O)[O-])c1. The Labute approximate surface area is 122 Å². The van der Waals surface area contributed by atoms with Crippen molar-refractivity contribution < 1.29 is 19.6 Å². The standard InChI is InChI=1S/C14H18N2O5/c1-10-7-11(9-12(8-10)16(20)21)14(19)15-6-4-2-3-5-13(17)18/h7-9H,2-6H2,1H3,(H,15,19)(H,17,18). The average Bonchev–Trinajstić information content (AvgIpc) is 2.41. The number of aliphatic carboxylic acids is 1. The van der Waals surface area contributed by atoms with E-state index >= 15 is 0 Å². The number of nitro groups is 1. The Morgan fingerprint density at radius 1 is 1.24 bits per heavy atom. The van der Waals surface area contributed by atoms with E-state index in [-0.39, 0.29) is 23.6 Å². The maximum Gasteiger partial charge on any atom is 0.303 e. The molecule has 0 bridgehead atoms. The molecular weight excluding hydrogens is 276 g/mol. The number of hydrogen-bond donors (Lipinski definition) is 2. The van der Waals surface area contributed by atoms with Gasteiger partial charge in [-0.05, 0) is 31.4 Å². The molecule has 0 atom stereocenters. The van der Waals surface area contributed by atoms with Gasteiger partial charge in [0.05, 0.1) is 4.92 Å². The summed E-state index contributed by atoms with van der Waals surface area (Å²) in [7, 11) is 0. The lowest BCUT2D eigenvalue weighted by atomic mass is 10.1. The Balaban J connectivity index is 2.45. The molecule has 21 heavy (non-hydrogen) atoms. The Morgan fingerprint density at radius 3 is 2.57 bits per heavy atom. The Hall–Kier alpha value is -2.44. The first kappa shape index (κ1) is 16.6. The minimum atomic E-state index is -0.828. The van der Waals surface area contributed by atoms with Gasteiger partial charge in [-0.15, -0.1) is 0 Å². The number of nitrogens with zero attached hydrogens (tertiary/aromatic N) is 1. The number of carboxylic acids is 1. The number of unbranched alkanes of at least 4 members (excludes halogenated alkanes) is 2. The predicted molar refractivity (Wildman–Crippen MR) is 76.3 cm³/mol. The molecule has 7 heteroatoms. The van der Waals surface area contributed by atoms with Gasteiger partial charge < -0.3 is 10.4 Å². The summed E-state index contributed by atoms with van der Waals surface area (Å²) in [4.78, 5) is 32.4. The first-order valence-electron chi connectivity index (χ1n) is 6.66. The summed E-state index contributed by atoms with van der Waals surface area (Å²) >= 11 is 0. The molecule has 0 saturated carbocycles. The lowest BCUT2D eigenvalue weighted by Crippen LogP contribution is -2.24. The molecule has 1 aromatic rings.